The first-order chi connectivity index (χ1) is 15.8. The smallest absolute Gasteiger partial charge is 0.420 e. The summed E-state index contributed by atoms with van der Waals surface area (Å²) in [5.74, 6) is 1.16. The molecule has 1 aliphatic carbocycles. The number of anilines is 2. The minimum atomic E-state index is -3.81. The zero-order chi connectivity index (χ0) is 23.2. The van der Waals surface area contributed by atoms with Crippen molar-refractivity contribution in [2.75, 3.05) is 23.3 Å². The molecule has 0 spiro atoms. The quantitative estimate of drug-likeness (QED) is 0.530. The van der Waals surface area contributed by atoms with Gasteiger partial charge in [0.2, 0.25) is 0 Å². The SMILES string of the molecule is N[C@H]1[C@H]2CN(c3ncc(C(=O)Nc4ccc(OC(F)(F)Cl)cc4)cc3-c3cncnc3)C[C@@H]12. The van der Waals surface area contributed by atoms with E-state index in [1.165, 1.54) is 36.8 Å². The number of hydrogen-bond donors (Lipinski definition) is 2. The fraction of sp³-hybridized carbons (Fsp3) is 0.273. The van der Waals surface area contributed by atoms with E-state index in [-0.39, 0.29) is 11.8 Å². The highest BCUT2D eigenvalue weighted by Crippen LogP contribution is 2.46. The van der Waals surface area contributed by atoms with Crippen LogP contribution in [0.25, 0.3) is 11.1 Å². The maximum atomic E-state index is 12.9. The molecule has 2 fully saturated rings. The van der Waals surface area contributed by atoms with Gasteiger partial charge in [0.1, 0.15) is 17.9 Å². The molecule has 2 aromatic heterocycles. The normalized spacial score (nSPS) is 21.5. The Morgan fingerprint density at radius 3 is 2.45 bits per heavy atom. The topological polar surface area (TPSA) is 106 Å². The van der Waals surface area contributed by atoms with Crippen molar-refractivity contribution >= 4 is 29.0 Å². The van der Waals surface area contributed by atoms with Crippen LogP contribution in [0.2, 0.25) is 0 Å². The molecule has 2 aliphatic rings. The number of pyridine rings is 1. The van der Waals surface area contributed by atoms with Crippen molar-refractivity contribution in [3.05, 3.63) is 60.8 Å². The van der Waals surface area contributed by atoms with Gasteiger partial charge in [0.15, 0.2) is 0 Å². The number of aromatic nitrogens is 3. The molecule has 5 rings (SSSR count). The molecule has 1 saturated carbocycles. The number of amides is 1. The third-order valence-corrected chi connectivity index (χ3v) is 5.98. The van der Waals surface area contributed by atoms with Gasteiger partial charge in [0, 0.05) is 66.1 Å². The summed E-state index contributed by atoms with van der Waals surface area (Å²) in [5, 5.41) is 2.72. The van der Waals surface area contributed by atoms with Crippen molar-refractivity contribution in [3.8, 4) is 16.9 Å². The molecule has 0 radical (unpaired) electrons. The second-order valence-corrected chi connectivity index (χ2v) is 8.50. The number of nitrogens with zero attached hydrogens (tertiary/aromatic N) is 4. The number of hydrogen-bond acceptors (Lipinski definition) is 7. The van der Waals surface area contributed by atoms with Gasteiger partial charge in [-0.15, -0.1) is 8.78 Å². The predicted molar refractivity (Wildman–Crippen MR) is 118 cm³/mol. The van der Waals surface area contributed by atoms with Gasteiger partial charge in [-0.1, -0.05) is 0 Å². The lowest BCUT2D eigenvalue weighted by Crippen LogP contribution is -2.29. The number of piperidine rings is 1. The summed E-state index contributed by atoms with van der Waals surface area (Å²) in [6, 6.07) is 7.42. The molecule has 11 heteroatoms. The van der Waals surface area contributed by atoms with Gasteiger partial charge in [0.25, 0.3) is 5.91 Å². The standard InChI is InChI=1S/C22H19ClF2N6O2/c23-22(24,25)33-15-3-1-14(2-4-15)30-21(32)12-5-16(13-6-27-11-28-7-13)20(29-8-12)31-9-17-18(10-31)19(17)26/h1-8,11,17-19H,9-10,26H2,(H,30,32)/t17-,18+,19-. The Labute approximate surface area is 192 Å². The van der Waals surface area contributed by atoms with Crippen molar-refractivity contribution < 1.29 is 18.3 Å². The van der Waals surface area contributed by atoms with Crippen molar-refractivity contribution in [2.45, 2.75) is 11.6 Å². The van der Waals surface area contributed by atoms with Gasteiger partial charge in [-0.25, -0.2) is 15.0 Å². The fourth-order valence-electron chi connectivity index (χ4n) is 4.17. The van der Waals surface area contributed by atoms with Crippen LogP contribution in [0.5, 0.6) is 5.75 Å². The summed E-state index contributed by atoms with van der Waals surface area (Å²) in [7, 11) is 0. The molecule has 33 heavy (non-hydrogen) atoms. The van der Waals surface area contributed by atoms with E-state index >= 15 is 0 Å². The minimum absolute atomic E-state index is 0.131. The van der Waals surface area contributed by atoms with E-state index in [1.807, 2.05) is 0 Å². The third kappa shape index (κ3) is 4.57. The zero-order valence-corrected chi connectivity index (χ0v) is 17.9. The molecule has 3 atom stereocenters. The molecule has 3 heterocycles. The van der Waals surface area contributed by atoms with Gasteiger partial charge < -0.3 is 20.7 Å². The zero-order valence-electron chi connectivity index (χ0n) is 17.2. The highest BCUT2D eigenvalue weighted by Gasteiger charge is 2.54. The van der Waals surface area contributed by atoms with Crippen LogP contribution in [0.3, 0.4) is 0 Å². The van der Waals surface area contributed by atoms with E-state index in [2.05, 4.69) is 29.9 Å². The van der Waals surface area contributed by atoms with Crippen LogP contribution in [0.4, 0.5) is 20.3 Å². The maximum absolute atomic E-state index is 12.9. The number of fused-ring (bicyclic) bond motifs is 1. The third-order valence-electron chi connectivity index (χ3n) is 5.91. The molecule has 1 aliphatic heterocycles. The Morgan fingerprint density at radius 1 is 1.15 bits per heavy atom. The number of alkyl halides is 3. The Hall–Kier alpha value is -3.37. The average Bonchev–Trinajstić information content (AvgIpc) is 3.19. The Morgan fingerprint density at radius 2 is 1.82 bits per heavy atom. The lowest BCUT2D eigenvalue weighted by molar-refractivity contribution is -0.0964. The van der Waals surface area contributed by atoms with Crippen molar-refractivity contribution in [3.63, 3.8) is 0 Å². The monoisotopic (exact) mass is 472 g/mol. The Bertz CT molecular complexity index is 1160. The minimum Gasteiger partial charge on any atom is -0.420 e. The highest BCUT2D eigenvalue weighted by molar-refractivity contribution is 6.20. The van der Waals surface area contributed by atoms with Crippen LogP contribution >= 0.6 is 11.6 Å². The van der Waals surface area contributed by atoms with Crippen molar-refractivity contribution in [2.24, 2.45) is 17.6 Å². The number of benzene rings is 1. The first-order valence-corrected chi connectivity index (χ1v) is 10.6. The van der Waals surface area contributed by atoms with Crippen molar-refractivity contribution in [1.82, 2.24) is 15.0 Å². The Balaban J connectivity index is 1.37. The molecular weight excluding hydrogens is 454 g/mol. The van der Waals surface area contributed by atoms with E-state index < -0.39 is 11.5 Å². The first-order valence-electron chi connectivity index (χ1n) is 10.2. The van der Waals surface area contributed by atoms with E-state index in [9.17, 15) is 13.6 Å². The fourth-order valence-corrected chi connectivity index (χ4v) is 4.26. The van der Waals surface area contributed by atoms with Gasteiger partial charge in [-0.05, 0) is 42.2 Å². The predicted octanol–water partition coefficient (Wildman–Crippen LogP) is 3.35. The summed E-state index contributed by atoms with van der Waals surface area (Å²) >= 11 is 4.76. The number of nitrogens with two attached hydrogens (primary N) is 1. The first kappa shape index (κ1) is 21.5. The van der Waals surface area contributed by atoms with Crippen molar-refractivity contribution in [1.29, 1.82) is 0 Å². The van der Waals surface area contributed by atoms with Crippen LogP contribution < -0.4 is 20.7 Å². The van der Waals surface area contributed by atoms with E-state index in [4.69, 9.17) is 17.3 Å². The molecule has 0 unspecified atom stereocenters. The number of ether oxygens (including phenoxy) is 1. The summed E-state index contributed by atoms with van der Waals surface area (Å²) in [5.41, 5.74) is 4.46. The highest BCUT2D eigenvalue weighted by atomic mass is 35.5. The van der Waals surface area contributed by atoms with Gasteiger partial charge in [-0.2, -0.15) is 0 Å². The van der Waals surface area contributed by atoms with Gasteiger partial charge >= 0.3 is 5.57 Å². The summed E-state index contributed by atoms with van der Waals surface area (Å²) < 4.78 is 29.8. The molecule has 0 bridgehead atoms. The van der Waals surface area contributed by atoms with Gasteiger partial charge in [0.05, 0.1) is 5.56 Å². The van der Waals surface area contributed by atoms with Crippen LogP contribution in [-0.4, -0.2) is 45.6 Å². The summed E-state index contributed by atoms with van der Waals surface area (Å²) in [4.78, 5) is 27.8. The number of halogens is 3. The Kier molecular flexibility index (Phi) is 5.34. The molecule has 170 valence electrons. The summed E-state index contributed by atoms with van der Waals surface area (Å²) in [6.07, 6.45) is 6.28. The van der Waals surface area contributed by atoms with Crippen LogP contribution in [0.15, 0.2) is 55.2 Å². The largest absolute Gasteiger partial charge is 0.487 e. The lowest BCUT2D eigenvalue weighted by Gasteiger charge is -2.23. The number of nitrogens with one attached hydrogen (secondary N) is 1. The van der Waals surface area contributed by atoms with Crippen LogP contribution in [0.1, 0.15) is 10.4 Å². The molecule has 1 aromatic carbocycles. The number of rotatable bonds is 6. The van der Waals surface area contributed by atoms with Crippen LogP contribution in [0, 0.1) is 11.8 Å². The molecule has 3 N–H and O–H groups in total. The molecule has 3 aromatic rings. The molecule has 1 saturated heterocycles. The lowest BCUT2D eigenvalue weighted by atomic mass is 10.1. The second kappa shape index (κ2) is 8.20. The van der Waals surface area contributed by atoms with Gasteiger partial charge in [-0.3, -0.25) is 4.79 Å². The van der Waals surface area contributed by atoms with Crippen LogP contribution in [-0.2, 0) is 0 Å². The van der Waals surface area contributed by atoms with E-state index in [1.54, 1.807) is 18.5 Å². The second-order valence-electron chi connectivity index (χ2n) is 8.06. The molecular formula is C22H19ClF2N6O2. The number of carbonyl (C=O) groups excluding carboxylic acids is 1. The molecule has 1 amide bonds. The average molecular weight is 473 g/mol. The van der Waals surface area contributed by atoms with E-state index in [0.29, 0.717) is 23.1 Å². The number of carbonyl (C=O) groups is 1. The van der Waals surface area contributed by atoms with E-state index in [0.717, 1.165) is 30.0 Å². The molecule has 8 nitrogen and oxygen atoms in total. The summed E-state index contributed by atoms with van der Waals surface area (Å²) in [6.45, 7) is 1.64. The maximum Gasteiger partial charge on any atom is 0.487 e.